The summed E-state index contributed by atoms with van der Waals surface area (Å²) in [7, 11) is 0. The summed E-state index contributed by atoms with van der Waals surface area (Å²) in [5, 5.41) is 28.4. The number of amides is 1. The van der Waals surface area contributed by atoms with Crippen molar-refractivity contribution in [1.29, 1.82) is 0 Å². The van der Waals surface area contributed by atoms with Gasteiger partial charge in [-0.3, -0.25) is 9.59 Å². The zero-order valence-corrected chi connectivity index (χ0v) is 22.2. The molecule has 0 radical (unpaired) electrons. The second kappa shape index (κ2) is 12.3. The van der Waals surface area contributed by atoms with Crippen molar-refractivity contribution >= 4 is 28.4 Å². The van der Waals surface area contributed by atoms with Crippen molar-refractivity contribution in [3.63, 3.8) is 0 Å². The van der Waals surface area contributed by atoms with Gasteiger partial charge in [-0.25, -0.2) is 0 Å². The molecule has 1 aromatic heterocycles. The van der Waals surface area contributed by atoms with Gasteiger partial charge in [0.15, 0.2) is 0 Å². The number of rotatable bonds is 10. The highest BCUT2D eigenvalue weighted by Crippen LogP contribution is 2.28. The Bertz CT molecular complexity index is 1480. The van der Waals surface area contributed by atoms with Crippen LogP contribution in [0.25, 0.3) is 10.9 Å². The van der Waals surface area contributed by atoms with Gasteiger partial charge in [-0.2, -0.15) is 0 Å². The predicted molar refractivity (Wildman–Crippen MR) is 151 cm³/mol. The number of fused-ring (bicyclic) bond motifs is 1. The van der Waals surface area contributed by atoms with E-state index in [0.717, 1.165) is 22.3 Å². The van der Waals surface area contributed by atoms with E-state index in [1.54, 1.807) is 12.1 Å². The number of aromatic hydroxyl groups is 1. The molecule has 0 saturated heterocycles. The fourth-order valence-corrected chi connectivity index (χ4v) is 4.88. The fourth-order valence-electron chi connectivity index (χ4n) is 4.59. The maximum Gasteiger partial charge on any atom is 0.248 e. The van der Waals surface area contributed by atoms with Crippen LogP contribution in [0.2, 0.25) is 5.02 Å². The first-order chi connectivity index (χ1) is 18.2. The zero-order chi connectivity index (χ0) is 27.2. The molecule has 0 saturated carbocycles. The average Bonchev–Trinajstić information content (AvgIpc) is 2.88. The van der Waals surface area contributed by atoms with Crippen LogP contribution >= 0.6 is 11.6 Å². The summed E-state index contributed by atoms with van der Waals surface area (Å²) >= 11 is 6.26. The van der Waals surface area contributed by atoms with Gasteiger partial charge in [-0.15, -0.1) is 0 Å². The lowest BCUT2D eigenvalue weighted by Gasteiger charge is -2.19. The molecule has 0 bridgehead atoms. The molecule has 0 fully saturated rings. The van der Waals surface area contributed by atoms with Crippen molar-refractivity contribution in [2.75, 3.05) is 6.54 Å². The number of aromatic nitrogens is 1. The molecule has 1 heterocycles. The van der Waals surface area contributed by atoms with Gasteiger partial charge in [0.2, 0.25) is 11.5 Å². The molecule has 7 nitrogen and oxygen atoms in total. The molecule has 3 aromatic carbocycles. The van der Waals surface area contributed by atoms with E-state index in [-0.39, 0.29) is 29.7 Å². The number of aliphatic hydroxyl groups is 1. The topological polar surface area (TPSA) is 114 Å². The van der Waals surface area contributed by atoms with Gasteiger partial charge < -0.3 is 25.8 Å². The second-order valence-corrected chi connectivity index (χ2v) is 10.0. The number of carbonyl (C=O) groups is 1. The summed E-state index contributed by atoms with van der Waals surface area (Å²) in [5.41, 5.74) is 4.58. The lowest BCUT2D eigenvalue weighted by atomic mass is 10.0. The zero-order valence-electron chi connectivity index (χ0n) is 21.4. The van der Waals surface area contributed by atoms with E-state index in [9.17, 15) is 19.8 Å². The van der Waals surface area contributed by atoms with E-state index in [1.165, 1.54) is 12.1 Å². The summed E-state index contributed by atoms with van der Waals surface area (Å²) in [6.45, 7) is 4.69. The minimum absolute atomic E-state index is 0.0393. The highest BCUT2D eigenvalue weighted by atomic mass is 35.5. The lowest BCUT2D eigenvalue weighted by molar-refractivity contribution is -0.120. The van der Waals surface area contributed by atoms with Crippen LogP contribution < -0.4 is 16.2 Å². The Balaban J connectivity index is 1.31. The van der Waals surface area contributed by atoms with Gasteiger partial charge in [0.05, 0.1) is 18.0 Å². The molecular weight excluding hydrogens is 502 g/mol. The van der Waals surface area contributed by atoms with Gasteiger partial charge in [-0.1, -0.05) is 54.1 Å². The standard InChI is InChI=1S/C30H32ClN3O4/c1-18-5-3-8-25(31)24(18)16-33-29(38)15-21-7-4-6-20(14-21)13-19(2)32-17-27(36)22-9-11-26(35)30-23(22)10-12-28(37)34-30/h3-12,14,19,27,32,35-36H,13,15-17H2,1-2H3,(H,33,38)(H,34,37)/t19?,27-/m0/s1. The number of pyridine rings is 1. The number of aliphatic hydroxyl groups excluding tert-OH is 1. The molecule has 38 heavy (non-hydrogen) atoms. The first kappa shape index (κ1) is 27.4. The fraction of sp³-hybridized carbons (Fsp3) is 0.267. The molecular formula is C30H32ClN3O4. The van der Waals surface area contributed by atoms with E-state index in [4.69, 9.17) is 11.6 Å². The third kappa shape index (κ3) is 6.81. The van der Waals surface area contributed by atoms with Crippen molar-refractivity contribution < 1.29 is 15.0 Å². The van der Waals surface area contributed by atoms with Gasteiger partial charge in [-0.05, 0) is 66.3 Å². The Labute approximate surface area is 226 Å². The Morgan fingerprint density at radius 3 is 2.61 bits per heavy atom. The summed E-state index contributed by atoms with van der Waals surface area (Å²) < 4.78 is 0. The lowest BCUT2D eigenvalue weighted by Crippen LogP contribution is -2.32. The van der Waals surface area contributed by atoms with Crippen LogP contribution in [0.4, 0.5) is 0 Å². The van der Waals surface area contributed by atoms with Crippen molar-refractivity contribution in [3.8, 4) is 5.75 Å². The van der Waals surface area contributed by atoms with Crippen LogP contribution in [0.1, 0.15) is 40.8 Å². The van der Waals surface area contributed by atoms with Crippen molar-refractivity contribution in [3.05, 3.63) is 110 Å². The number of phenols is 1. The normalized spacial score (nSPS) is 12.8. The molecule has 5 N–H and O–H groups in total. The van der Waals surface area contributed by atoms with Gasteiger partial charge >= 0.3 is 0 Å². The number of hydrogen-bond donors (Lipinski definition) is 5. The number of carbonyl (C=O) groups excluding carboxylic acids is 1. The minimum atomic E-state index is -0.830. The highest BCUT2D eigenvalue weighted by molar-refractivity contribution is 6.31. The smallest absolute Gasteiger partial charge is 0.248 e. The monoisotopic (exact) mass is 533 g/mol. The Hall–Kier alpha value is -3.65. The van der Waals surface area contributed by atoms with Crippen LogP contribution in [0, 0.1) is 6.92 Å². The highest BCUT2D eigenvalue weighted by Gasteiger charge is 2.15. The molecule has 198 valence electrons. The minimum Gasteiger partial charge on any atom is -0.506 e. The van der Waals surface area contributed by atoms with Crippen molar-refractivity contribution in [2.45, 2.75) is 45.4 Å². The summed E-state index contributed by atoms with van der Waals surface area (Å²) in [4.78, 5) is 26.8. The number of benzene rings is 3. The van der Waals surface area contributed by atoms with Crippen LogP contribution in [-0.2, 0) is 24.2 Å². The van der Waals surface area contributed by atoms with Crippen LogP contribution in [0.15, 0.2) is 71.5 Å². The molecule has 0 aliphatic carbocycles. The third-order valence-electron chi connectivity index (χ3n) is 6.64. The maximum absolute atomic E-state index is 12.6. The molecule has 0 spiro atoms. The first-order valence-corrected chi connectivity index (χ1v) is 12.9. The molecule has 1 unspecified atom stereocenters. The van der Waals surface area contributed by atoms with Gasteiger partial charge in [0, 0.05) is 35.6 Å². The van der Waals surface area contributed by atoms with Crippen molar-refractivity contribution in [2.24, 2.45) is 0 Å². The van der Waals surface area contributed by atoms with E-state index in [0.29, 0.717) is 41.0 Å². The maximum atomic E-state index is 12.6. The van der Waals surface area contributed by atoms with Gasteiger partial charge in [0.1, 0.15) is 5.75 Å². The Kier molecular flexibility index (Phi) is 8.84. The largest absolute Gasteiger partial charge is 0.506 e. The van der Waals surface area contributed by atoms with E-state index in [1.807, 2.05) is 56.3 Å². The van der Waals surface area contributed by atoms with E-state index >= 15 is 0 Å². The molecule has 2 atom stereocenters. The number of hydrogen-bond acceptors (Lipinski definition) is 5. The number of aryl methyl sites for hydroxylation is 1. The quantitative estimate of drug-likeness (QED) is 0.208. The number of aromatic amines is 1. The number of halogens is 1. The number of H-pyrrole nitrogens is 1. The Morgan fingerprint density at radius 2 is 1.82 bits per heavy atom. The number of nitrogens with one attached hydrogen (secondary N) is 3. The van der Waals surface area contributed by atoms with Crippen LogP contribution in [0.3, 0.4) is 0 Å². The number of phenolic OH excluding ortho intramolecular Hbond substituents is 1. The second-order valence-electron chi connectivity index (χ2n) is 9.62. The molecule has 8 heteroatoms. The Morgan fingerprint density at radius 1 is 1.05 bits per heavy atom. The SMILES string of the molecule is Cc1cccc(Cl)c1CNC(=O)Cc1cccc(CC(C)NC[C@H](O)c2ccc(O)c3[nH]c(=O)ccc23)c1. The molecule has 1 amide bonds. The first-order valence-electron chi connectivity index (χ1n) is 12.6. The van der Waals surface area contributed by atoms with E-state index < -0.39 is 6.10 Å². The van der Waals surface area contributed by atoms with Gasteiger partial charge in [0.25, 0.3) is 0 Å². The third-order valence-corrected chi connectivity index (χ3v) is 6.99. The summed E-state index contributed by atoms with van der Waals surface area (Å²) in [6, 6.07) is 19.8. The van der Waals surface area contributed by atoms with Crippen LogP contribution in [-0.4, -0.2) is 33.7 Å². The predicted octanol–water partition coefficient (Wildman–Crippen LogP) is 4.31. The molecule has 0 aliphatic heterocycles. The molecule has 4 rings (SSSR count). The van der Waals surface area contributed by atoms with E-state index in [2.05, 4.69) is 15.6 Å². The van der Waals surface area contributed by atoms with Crippen molar-refractivity contribution in [1.82, 2.24) is 15.6 Å². The molecule has 0 aliphatic rings. The summed E-state index contributed by atoms with van der Waals surface area (Å²) in [6.07, 6.45) is 0.154. The average molecular weight is 534 g/mol. The molecule has 4 aromatic rings. The summed E-state index contributed by atoms with van der Waals surface area (Å²) in [5.74, 6) is -0.110. The van der Waals surface area contributed by atoms with Crippen LogP contribution in [0.5, 0.6) is 5.75 Å².